The zero-order valence-electron chi connectivity index (χ0n) is 15.7. The first-order valence-electron chi connectivity index (χ1n) is 8.57. The number of hydrogen-bond donors (Lipinski definition) is 2. The van der Waals surface area contributed by atoms with Crippen LogP contribution in [0.2, 0.25) is 0 Å². The van der Waals surface area contributed by atoms with Gasteiger partial charge in [0.1, 0.15) is 11.5 Å². The molecule has 1 heterocycles. The fourth-order valence-corrected chi connectivity index (χ4v) is 3.40. The van der Waals surface area contributed by atoms with Crippen molar-refractivity contribution < 1.29 is 9.84 Å². The smallest absolute Gasteiger partial charge is 0.200 e. The lowest BCUT2D eigenvalue weighted by atomic mass is 9.80. The van der Waals surface area contributed by atoms with Gasteiger partial charge in [0.25, 0.3) is 0 Å². The first-order valence-corrected chi connectivity index (χ1v) is 9.37. The van der Waals surface area contributed by atoms with E-state index in [1.807, 2.05) is 12.1 Å². The number of fused-ring (bicyclic) bond motifs is 1. The molecule has 4 heteroatoms. The van der Waals surface area contributed by atoms with Gasteiger partial charge < -0.3 is 15.2 Å². The van der Waals surface area contributed by atoms with E-state index in [2.05, 4.69) is 74.9 Å². The lowest BCUT2D eigenvalue weighted by Crippen LogP contribution is -2.17. The zero-order chi connectivity index (χ0) is 18.6. The summed E-state index contributed by atoms with van der Waals surface area (Å²) >= 11 is 3.47. The Bertz CT molecular complexity index is 816. The van der Waals surface area contributed by atoms with E-state index >= 15 is 0 Å². The molecule has 0 spiro atoms. The van der Waals surface area contributed by atoms with Crippen molar-refractivity contribution in [3.63, 3.8) is 0 Å². The van der Waals surface area contributed by atoms with Gasteiger partial charge in [0.2, 0.25) is 0 Å². The van der Waals surface area contributed by atoms with Crippen LogP contribution in [0.4, 0.5) is 5.69 Å². The molecule has 0 fully saturated rings. The van der Waals surface area contributed by atoms with E-state index in [4.69, 9.17) is 4.74 Å². The van der Waals surface area contributed by atoms with Crippen molar-refractivity contribution >= 4 is 21.6 Å². The van der Waals surface area contributed by atoms with Gasteiger partial charge in [0.15, 0.2) is 6.23 Å². The number of anilines is 1. The molecule has 2 aromatic rings. The highest BCUT2D eigenvalue weighted by molar-refractivity contribution is 9.10. The van der Waals surface area contributed by atoms with Gasteiger partial charge in [-0.1, -0.05) is 63.5 Å². The minimum absolute atomic E-state index is 0.0404. The topological polar surface area (TPSA) is 41.5 Å². The molecule has 0 aliphatic carbocycles. The summed E-state index contributed by atoms with van der Waals surface area (Å²) in [6.07, 6.45) is -0.399. The van der Waals surface area contributed by atoms with E-state index in [0.717, 1.165) is 21.5 Å². The van der Waals surface area contributed by atoms with Gasteiger partial charge in [-0.05, 0) is 40.7 Å². The van der Waals surface area contributed by atoms with Crippen LogP contribution >= 0.6 is 15.9 Å². The van der Waals surface area contributed by atoms with Crippen LogP contribution in [0, 0.1) is 0 Å². The molecule has 3 rings (SSSR count). The molecule has 1 atom stereocenters. The Labute approximate surface area is 158 Å². The van der Waals surface area contributed by atoms with E-state index in [0.29, 0.717) is 0 Å². The maximum atomic E-state index is 10.2. The third-order valence-corrected chi connectivity index (χ3v) is 5.05. The number of nitrogens with one attached hydrogen (secondary N) is 1. The SMILES string of the molecule is CC(C)(C)c1cc2c(c(C(C)(C)C)c1)OC(c1cc(Br)ccc1O)N2. The van der Waals surface area contributed by atoms with E-state index in [1.165, 1.54) is 11.1 Å². The fourth-order valence-electron chi connectivity index (χ4n) is 3.02. The molecular formula is C21H26BrNO2. The molecule has 1 aliphatic heterocycles. The van der Waals surface area contributed by atoms with Crippen LogP contribution in [0.5, 0.6) is 11.5 Å². The normalized spacial score (nSPS) is 17.0. The fraction of sp³-hybridized carbons (Fsp3) is 0.429. The maximum Gasteiger partial charge on any atom is 0.200 e. The van der Waals surface area contributed by atoms with Gasteiger partial charge in [-0.2, -0.15) is 0 Å². The van der Waals surface area contributed by atoms with Crippen LogP contribution in [0.1, 0.15) is 64.5 Å². The van der Waals surface area contributed by atoms with Crippen LogP contribution in [-0.4, -0.2) is 5.11 Å². The van der Waals surface area contributed by atoms with Crippen molar-refractivity contribution in [1.82, 2.24) is 0 Å². The monoisotopic (exact) mass is 403 g/mol. The van der Waals surface area contributed by atoms with Crippen LogP contribution in [-0.2, 0) is 10.8 Å². The van der Waals surface area contributed by atoms with Crippen molar-refractivity contribution in [2.45, 2.75) is 58.6 Å². The number of halogens is 1. The van der Waals surface area contributed by atoms with Crippen LogP contribution in [0.25, 0.3) is 0 Å². The van der Waals surface area contributed by atoms with Gasteiger partial charge >= 0.3 is 0 Å². The molecule has 25 heavy (non-hydrogen) atoms. The molecule has 3 nitrogen and oxygen atoms in total. The number of ether oxygens (including phenoxy) is 1. The van der Waals surface area contributed by atoms with Crippen molar-refractivity contribution in [3.8, 4) is 11.5 Å². The standard InChI is InChI=1S/C21H26BrNO2/c1-20(2,3)12-9-15(21(4,5)6)18-16(10-12)23-19(25-18)14-11-13(22)7-8-17(14)24/h7-11,19,23-24H,1-6H3. The summed E-state index contributed by atoms with van der Waals surface area (Å²) in [4.78, 5) is 0. The summed E-state index contributed by atoms with van der Waals surface area (Å²) in [6, 6.07) is 9.81. The molecule has 0 radical (unpaired) electrons. The Hall–Kier alpha value is -1.68. The van der Waals surface area contributed by atoms with Gasteiger partial charge in [0, 0.05) is 10.0 Å². The Morgan fingerprint density at radius 2 is 1.68 bits per heavy atom. The maximum absolute atomic E-state index is 10.2. The summed E-state index contributed by atoms with van der Waals surface area (Å²) in [7, 11) is 0. The lowest BCUT2D eigenvalue weighted by Gasteiger charge is -2.26. The largest absolute Gasteiger partial charge is 0.507 e. The molecule has 1 aliphatic rings. The molecule has 0 bridgehead atoms. The van der Waals surface area contributed by atoms with E-state index < -0.39 is 6.23 Å². The molecule has 134 valence electrons. The minimum atomic E-state index is -0.399. The van der Waals surface area contributed by atoms with Crippen molar-refractivity contribution in [3.05, 3.63) is 51.5 Å². The van der Waals surface area contributed by atoms with Crippen LogP contribution in [0.15, 0.2) is 34.8 Å². The third-order valence-electron chi connectivity index (χ3n) is 4.56. The second-order valence-corrected chi connectivity index (χ2v) is 9.66. The highest BCUT2D eigenvalue weighted by atomic mass is 79.9. The lowest BCUT2D eigenvalue weighted by molar-refractivity contribution is 0.248. The number of phenols is 1. The molecule has 0 amide bonds. The van der Waals surface area contributed by atoms with E-state index in [9.17, 15) is 5.11 Å². The molecule has 1 unspecified atom stereocenters. The third kappa shape index (κ3) is 3.50. The number of aromatic hydroxyl groups is 1. The van der Waals surface area contributed by atoms with Gasteiger partial charge in [-0.25, -0.2) is 0 Å². The summed E-state index contributed by atoms with van der Waals surface area (Å²) in [5, 5.41) is 13.7. The summed E-state index contributed by atoms with van der Waals surface area (Å²) < 4.78 is 7.17. The Kier molecular flexibility index (Phi) is 4.31. The Morgan fingerprint density at radius 3 is 2.28 bits per heavy atom. The minimum Gasteiger partial charge on any atom is -0.507 e. The first-order chi connectivity index (χ1) is 11.5. The average molecular weight is 404 g/mol. The van der Waals surface area contributed by atoms with Crippen molar-refractivity contribution in [2.75, 3.05) is 5.32 Å². The average Bonchev–Trinajstić information content (AvgIpc) is 2.90. The number of benzene rings is 2. The first kappa shape index (κ1) is 18.1. The molecule has 0 aromatic heterocycles. The summed E-state index contributed by atoms with van der Waals surface area (Å²) in [5.41, 5.74) is 4.17. The second kappa shape index (κ2) is 5.94. The van der Waals surface area contributed by atoms with E-state index in [1.54, 1.807) is 6.07 Å². The summed E-state index contributed by atoms with van der Waals surface area (Å²) in [6.45, 7) is 13.2. The predicted molar refractivity (Wildman–Crippen MR) is 107 cm³/mol. The number of rotatable bonds is 1. The quantitative estimate of drug-likeness (QED) is 0.590. The van der Waals surface area contributed by atoms with Crippen LogP contribution in [0.3, 0.4) is 0 Å². The number of phenolic OH excluding ortho intramolecular Hbond substituents is 1. The van der Waals surface area contributed by atoms with Crippen LogP contribution < -0.4 is 10.1 Å². The zero-order valence-corrected chi connectivity index (χ0v) is 17.3. The summed E-state index contributed by atoms with van der Waals surface area (Å²) in [5.74, 6) is 1.10. The van der Waals surface area contributed by atoms with Gasteiger partial charge in [-0.15, -0.1) is 0 Å². The highest BCUT2D eigenvalue weighted by Gasteiger charge is 2.33. The molecule has 2 aromatic carbocycles. The molecular weight excluding hydrogens is 378 g/mol. The Morgan fingerprint density at radius 1 is 1.00 bits per heavy atom. The van der Waals surface area contributed by atoms with Gasteiger partial charge in [0.05, 0.1) is 11.3 Å². The van der Waals surface area contributed by atoms with Gasteiger partial charge in [-0.3, -0.25) is 0 Å². The number of hydrogen-bond acceptors (Lipinski definition) is 3. The highest BCUT2D eigenvalue weighted by Crippen LogP contribution is 2.48. The second-order valence-electron chi connectivity index (χ2n) is 8.75. The Balaban J connectivity index is 2.09. The molecule has 2 N–H and O–H groups in total. The predicted octanol–water partition coefficient (Wildman–Crippen LogP) is 6.25. The van der Waals surface area contributed by atoms with Crippen molar-refractivity contribution in [2.24, 2.45) is 0 Å². The molecule has 0 saturated heterocycles. The molecule has 0 saturated carbocycles. The van der Waals surface area contributed by atoms with Crippen molar-refractivity contribution in [1.29, 1.82) is 0 Å². The van der Waals surface area contributed by atoms with E-state index in [-0.39, 0.29) is 16.6 Å².